The van der Waals surface area contributed by atoms with E-state index in [1.54, 1.807) is 21.6 Å². The molecular formula is C21H20FN5OS. The Hall–Kier alpha value is -3.18. The van der Waals surface area contributed by atoms with Crippen molar-refractivity contribution in [1.29, 1.82) is 5.26 Å². The van der Waals surface area contributed by atoms with E-state index in [4.69, 9.17) is 5.26 Å². The molecule has 0 N–H and O–H groups in total. The maximum atomic E-state index is 13.2. The number of thioether (sulfide) groups is 1. The molecule has 0 radical (unpaired) electrons. The Labute approximate surface area is 173 Å². The van der Waals surface area contributed by atoms with Crippen molar-refractivity contribution in [3.63, 3.8) is 0 Å². The summed E-state index contributed by atoms with van der Waals surface area (Å²) in [6.07, 6.45) is 0.247. The average Bonchev–Trinajstić information content (AvgIpc) is 3.09. The van der Waals surface area contributed by atoms with Crippen LogP contribution in [0.3, 0.4) is 0 Å². The predicted molar refractivity (Wildman–Crippen MR) is 111 cm³/mol. The van der Waals surface area contributed by atoms with Gasteiger partial charge in [0, 0.05) is 24.8 Å². The third kappa shape index (κ3) is 4.81. The van der Waals surface area contributed by atoms with Crippen molar-refractivity contribution in [2.75, 3.05) is 11.4 Å². The molecule has 1 unspecified atom stereocenters. The summed E-state index contributed by atoms with van der Waals surface area (Å²) in [6, 6.07) is 17.4. The maximum Gasteiger partial charge on any atom is 0.240 e. The van der Waals surface area contributed by atoms with E-state index in [0.29, 0.717) is 17.5 Å². The fourth-order valence-electron chi connectivity index (χ4n) is 2.83. The van der Waals surface area contributed by atoms with Crippen LogP contribution < -0.4 is 4.90 Å². The molecule has 1 heterocycles. The molecule has 0 saturated carbocycles. The van der Waals surface area contributed by atoms with Crippen molar-refractivity contribution in [3.8, 4) is 17.5 Å². The molecule has 2 aromatic carbocycles. The van der Waals surface area contributed by atoms with Gasteiger partial charge >= 0.3 is 0 Å². The van der Waals surface area contributed by atoms with Gasteiger partial charge in [-0.25, -0.2) is 4.39 Å². The predicted octanol–water partition coefficient (Wildman–Crippen LogP) is 4.05. The normalized spacial score (nSPS) is 11.7. The van der Waals surface area contributed by atoms with Gasteiger partial charge in [-0.3, -0.25) is 4.79 Å². The lowest BCUT2D eigenvalue weighted by Crippen LogP contribution is -2.37. The van der Waals surface area contributed by atoms with Gasteiger partial charge < -0.3 is 9.47 Å². The third-order valence-electron chi connectivity index (χ3n) is 4.35. The lowest BCUT2D eigenvalue weighted by Gasteiger charge is -2.24. The number of amides is 1. The molecule has 6 nitrogen and oxygen atoms in total. The molecule has 3 aromatic rings. The minimum absolute atomic E-state index is 0.109. The Morgan fingerprint density at radius 2 is 1.90 bits per heavy atom. The number of benzene rings is 2. The van der Waals surface area contributed by atoms with E-state index >= 15 is 0 Å². The smallest absolute Gasteiger partial charge is 0.240 e. The molecule has 1 amide bonds. The summed E-state index contributed by atoms with van der Waals surface area (Å²) in [7, 11) is 1.81. The first-order valence-corrected chi connectivity index (χ1v) is 9.94. The van der Waals surface area contributed by atoms with E-state index in [-0.39, 0.29) is 18.1 Å². The minimum Gasteiger partial charge on any atom is -0.310 e. The lowest BCUT2D eigenvalue weighted by atomic mass is 10.2. The molecule has 148 valence electrons. The van der Waals surface area contributed by atoms with Crippen LogP contribution in [0.25, 0.3) is 11.4 Å². The maximum absolute atomic E-state index is 13.2. The topological polar surface area (TPSA) is 74.8 Å². The second kappa shape index (κ2) is 9.34. The number of hydrogen-bond acceptors (Lipinski definition) is 5. The summed E-state index contributed by atoms with van der Waals surface area (Å²) in [4.78, 5) is 14.7. The Morgan fingerprint density at radius 1 is 1.21 bits per heavy atom. The molecule has 0 bridgehead atoms. The number of carbonyl (C=O) groups excluding carboxylic acids is 1. The van der Waals surface area contributed by atoms with Gasteiger partial charge in [0.2, 0.25) is 5.91 Å². The van der Waals surface area contributed by atoms with Gasteiger partial charge in [0.25, 0.3) is 0 Å². The zero-order valence-corrected chi connectivity index (χ0v) is 16.9. The van der Waals surface area contributed by atoms with Crippen molar-refractivity contribution in [1.82, 2.24) is 14.8 Å². The SMILES string of the molecule is CC(Sc1nnc(-c2ccc(F)cc2)n1C)C(=O)N(CCC#N)c1ccccc1. The highest BCUT2D eigenvalue weighted by molar-refractivity contribution is 8.00. The van der Waals surface area contributed by atoms with Crippen LogP contribution in [0.1, 0.15) is 13.3 Å². The number of rotatable bonds is 7. The quantitative estimate of drug-likeness (QED) is 0.551. The molecule has 0 aliphatic rings. The lowest BCUT2D eigenvalue weighted by molar-refractivity contribution is -0.117. The van der Waals surface area contributed by atoms with E-state index in [1.807, 2.05) is 44.3 Å². The fourth-order valence-corrected chi connectivity index (χ4v) is 3.71. The van der Waals surface area contributed by atoms with Gasteiger partial charge in [0.15, 0.2) is 11.0 Å². The number of para-hydroxylation sites is 1. The number of nitriles is 1. The summed E-state index contributed by atoms with van der Waals surface area (Å²) < 4.78 is 14.9. The first-order chi connectivity index (χ1) is 14.0. The van der Waals surface area contributed by atoms with Crippen LogP contribution in [0, 0.1) is 17.1 Å². The van der Waals surface area contributed by atoms with Crippen LogP contribution in [-0.2, 0) is 11.8 Å². The summed E-state index contributed by atoms with van der Waals surface area (Å²) in [5.74, 6) is 0.169. The van der Waals surface area contributed by atoms with Gasteiger partial charge in [-0.15, -0.1) is 10.2 Å². The molecule has 8 heteroatoms. The standard InChI is InChI=1S/C21H20FN5OS/c1-15(20(28)27(14-6-13-23)18-7-4-3-5-8-18)29-21-25-24-19(26(21)2)16-9-11-17(22)12-10-16/h3-5,7-12,15H,6,14H2,1-2H3. The van der Waals surface area contributed by atoms with Crippen molar-refractivity contribution < 1.29 is 9.18 Å². The second-order valence-electron chi connectivity index (χ2n) is 6.37. The third-order valence-corrected chi connectivity index (χ3v) is 5.47. The molecule has 29 heavy (non-hydrogen) atoms. The molecule has 3 rings (SSSR count). The molecule has 0 aliphatic carbocycles. The van der Waals surface area contributed by atoms with Crippen molar-refractivity contribution in [2.45, 2.75) is 23.8 Å². The van der Waals surface area contributed by atoms with Crippen LogP contribution in [0.15, 0.2) is 59.8 Å². The second-order valence-corrected chi connectivity index (χ2v) is 7.67. The monoisotopic (exact) mass is 409 g/mol. The van der Waals surface area contributed by atoms with Crippen LogP contribution in [-0.4, -0.2) is 32.5 Å². The van der Waals surface area contributed by atoms with E-state index in [0.717, 1.165) is 11.3 Å². The van der Waals surface area contributed by atoms with Gasteiger partial charge in [0.1, 0.15) is 5.82 Å². The summed E-state index contributed by atoms with van der Waals surface area (Å²) in [6.45, 7) is 2.13. The van der Waals surface area contributed by atoms with Crippen molar-refractivity contribution >= 4 is 23.4 Å². The first kappa shape index (κ1) is 20.6. The highest BCUT2D eigenvalue weighted by Gasteiger charge is 2.25. The Bertz CT molecular complexity index is 1010. The van der Waals surface area contributed by atoms with Crippen molar-refractivity contribution in [3.05, 3.63) is 60.4 Å². The highest BCUT2D eigenvalue weighted by Crippen LogP contribution is 2.28. The van der Waals surface area contributed by atoms with Crippen molar-refractivity contribution in [2.24, 2.45) is 7.05 Å². The van der Waals surface area contributed by atoms with Crippen LogP contribution in [0.4, 0.5) is 10.1 Å². The van der Waals surface area contributed by atoms with Crippen LogP contribution in [0.2, 0.25) is 0 Å². The van der Waals surface area contributed by atoms with E-state index in [9.17, 15) is 9.18 Å². The first-order valence-electron chi connectivity index (χ1n) is 9.06. The number of carbonyl (C=O) groups is 1. The van der Waals surface area contributed by atoms with E-state index < -0.39 is 5.25 Å². The summed E-state index contributed by atoms with van der Waals surface area (Å²) >= 11 is 1.29. The number of anilines is 1. The molecule has 1 atom stereocenters. The van der Waals surface area contributed by atoms with E-state index in [2.05, 4.69) is 16.3 Å². The zero-order chi connectivity index (χ0) is 20.8. The average molecular weight is 409 g/mol. The van der Waals surface area contributed by atoms with Crippen LogP contribution >= 0.6 is 11.8 Å². The largest absolute Gasteiger partial charge is 0.310 e. The van der Waals surface area contributed by atoms with Gasteiger partial charge in [-0.2, -0.15) is 5.26 Å². The number of hydrogen-bond donors (Lipinski definition) is 0. The minimum atomic E-state index is -0.433. The highest BCUT2D eigenvalue weighted by atomic mass is 32.2. The molecule has 1 aromatic heterocycles. The van der Waals surface area contributed by atoms with Gasteiger partial charge in [0.05, 0.1) is 17.7 Å². The zero-order valence-electron chi connectivity index (χ0n) is 16.1. The number of nitrogens with zero attached hydrogens (tertiary/aromatic N) is 5. The van der Waals surface area contributed by atoms with Crippen LogP contribution in [0.5, 0.6) is 0 Å². The van der Waals surface area contributed by atoms with E-state index in [1.165, 1.54) is 23.9 Å². The fraction of sp³-hybridized carbons (Fsp3) is 0.238. The molecule has 0 aliphatic heterocycles. The molecule has 0 spiro atoms. The molecule has 0 saturated heterocycles. The van der Waals surface area contributed by atoms with Gasteiger partial charge in [-0.1, -0.05) is 30.0 Å². The summed E-state index contributed by atoms with van der Waals surface area (Å²) in [5, 5.41) is 17.5. The Morgan fingerprint density at radius 3 is 2.55 bits per heavy atom. The molecule has 0 fully saturated rings. The Balaban J connectivity index is 1.78. The Kier molecular flexibility index (Phi) is 6.62. The number of aromatic nitrogens is 3. The number of halogens is 1. The molecular weight excluding hydrogens is 389 g/mol. The summed E-state index contributed by atoms with van der Waals surface area (Å²) in [5.41, 5.74) is 1.50. The van der Waals surface area contributed by atoms with Gasteiger partial charge in [-0.05, 0) is 43.3 Å².